The van der Waals surface area contributed by atoms with Gasteiger partial charge in [0.2, 0.25) is 5.91 Å². The molecule has 0 bridgehead atoms. The van der Waals surface area contributed by atoms with Gasteiger partial charge in [-0.15, -0.1) is 0 Å². The van der Waals surface area contributed by atoms with Crippen LogP contribution >= 0.6 is 0 Å². The first kappa shape index (κ1) is 10.9. The summed E-state index contributed by atoms with van der Waals surface area (Å²) in [6.07, 6.45) is 0.236. The summed E-state index contributed by atoms with van der Waals surface area (Å²) in [5.41, 5.74) is 5.12. The summed E-state index contributed by atoms with van der Waals surface area (Å²) in [5, 5.41) is 2.37. The van der Waals surface area contributed by atoms with Crippen molar-refractivity contribution in [3.63, 3.8) is 0 Å². The number of ether oxygens (including phenoxy) is 1. The van der Waals surface area contributed by atoms with Crippen LogP contribution in [-0.2, 0) is 14.3 Å². The summed E-state index contributed by atoms with van der Waals surface area (Å²) in [4.78, 5) is 21.4. The van der Waals surface area contributed by atoms with Crippen LogP contribution in [0, 0.1) is 0 Å². The fourth-order valence-corrected chi connectivity index (χ4v) is 0.602. The lowest BCUT2D eigenvalue weighted by Gasteiger charge is -2.03. The van der Waals surface area contributed by atoms with Crippen LogP contribution in [0.15, 0.2) is 0 Å². The minimum atomic E-state index is -0.428. The zero-order valence-electron chi connectivity index (χ0n) is 7.13. The molecule has 0 aliphatic rings. The third kappa shape index (κ3) is 5.67. The predicted octanol–water partition coefficient (Wildman–Crippen LogP) is -0.985. The van der Waals surface area contributed by atoms with E-state index < -0.39 is 5.97 Å². The van der Waals surface area contributed by atoms with Gasteiger partial charge in [0, 0.05) is 13.0 Å². The van der Waals surface area contributed by atoms with Gasteiger partial charge in [-0.25, -0.2) is 0 Å². The molecule has 0 atom stereocenters. The van der Waals surface area contributed by atoms with Gasteiger partial charge in [-0.2, -0.15) is 0 Å². The molecular formula is C7H14N2O3. The number of nitrogens with one attached hydrogen (secondary N) is 1. The molecule has 0 aliphatic carbocycles. The molecule has 0 radical (unpaired) electrons. The van der Waals surface area contributed by atoms with Crippen molar-refractivity contribution in [1.29, 1.82) is 0 Å². The Morgan fingerprint density at radius 1 is 1.50 bits per heavy atom. The van der Waals surface area contributed by atoms with Crippen molar-refractivity contribution in [2.24, 2.45) is 5.73 Å². The molecule has 3 N–H and O–H groups in total. The summed E-state index contributed by atoms with van der Waals surface area (Å²) >= 11 is 0. The van der Waals surface area contributed by atoms with E-state index in [9.17, 15) is 9.59 Å². The highest BCUT2D eigenvalue weighted by molar-refractivity contribution is 5.81. The summed E-state index contributed by atoms with van der Waals surface area (Å²) in [5.74, 6) is -0.659. The van der Waals surface area contributed by atoms with E-state index in [1.165, 1.54) is 0 Å². The van der Waals surface area contributed by atoms with Gasteiger partial charge >= 0.3 is 5.97 Å². The van der Waals surface area contributed by atoms with Gasteiger partial charge in [0.05, 0.1) is 6.61 Å². The van der Waals surface area contributed by atoms with E-state index in [1.807, 2.05) is 0 Å². The van der Waals surface area contributed by atoms with Gasteiger partial charge in [0.25, 0.3) is 0 Å². The van der Waals surface area contributed by atoms with Gasteiger partial charge in [-0.1, -0.05) is 0 Å². The average Bonchev–Trinajstić information content (AvgIpc) is 2.02. The molecule has 5 heteroatoms. The molecule has 0 heterocycles. The maximum Gasteiger partial charge on any atom is 0.325 e. The molecule has 0 aromatic carbocycles. The van der Waals surface area contributed by atoms with Crippen molar-refractivity contribution in [2.45, 2.75) is 13.3 Å². The largest absolute Gasteiger partial charge is 0.465 e. The number of hydrogen-bond acceptors (Lipinski definition) is 4. The molecule has 0 spiro atoms. The average molecular weight is 174 g/mol. The highest BCUT2D eigenvalue weighted by Crippen LogP contribution is 1.77. The van der Waals surface area contributed by atoms with E-state index in [0.717, 1.165) is 0 Å². The van der Waals surface area contributed by atoms with Crippen molar-refractivity contribution in [3.05, 3.63) is 0 Å². The Labute approximate surface area is 71.3 Å². The highest BCUT2D eigenvalue weighted by Gasteiger charge is 2.03. The van der Waals surface area contributed by atoms with Crippen LogP contribution in [0.2, 0.25) is 0 Å². The first-order valence-corrected chi connectivity index (χ1v) is 3.83. The molecule has 1 amide bonds. The Morgan fingerprint density at radius 3 is 2.67 bits per heavy atom. The first-order valence-electron chi connectivity index (χ1n) is 3.83. The summed E-state index contributed by atoms with van der Waals surface area (Å²) in [7, 11) is 0. The maximum atomic E-state index is 10.8. The van der Waals surface area contributed by atoms with Gasteiger partial charge in [0.1, 0.15) is 6.54 Å². The van der Waals surface area contributed by atoms with Crippen molar-refractivity contribution in [1.82, 2.24) is 5.32 Å². The van der Waals surface area contributed by atoms with Crippen LogP contribution in [0.5, 0.6) is 0 Å². The van der Waals surface area contributed by atoms with Crippen LogP contribution in [0.4, 0.5) is 0 Å². The summed E-state index contributed by atoms with van der Waals surface area (Å²) in [6.45, 7) is 2.24. The number of rotatable bonds is 5. The SMILES string of the molecule is CCOC(=O)CNC(=O)CCN. The number of nitrogens with two attached hydrogens (primary N) is 1. The Morgan fingerprint density at radius 2 is 2.17 bits per heavy atom. The summed E-state index contributed by atoms with van der Waals surface area (Å²) in [6, 6.07) is 0. The van der Waals surface area contributed by atoms with Crippen molar-refractivity contribution < 1.29 is 14.3 Å². The zero-order chi connectivity index (χ0) is 9.40. The van der Waals surface area contributed by atoms with Crippen molar-refractivity contribution in [2.75, 3.05) is 19.7 Å². The number of carbonyl (C=O) groups is 2. The smallest absolute Gasteiger partial charge is 0.325 e. The monoisotopic (exact) mass is 174 g/mol. The molecule has 70 valence electrons. The van der Waals surface area contributed by atoms with Crippen LogP contribution in [0.1, 0.15) is 13.3 Å². The Kier molecular flexibility index (Phi) is 6.00. The maximum absolute atomic E-state index is 10.8. The van der Waals surface area contributed by atoms with Gasteiger partial charge in [-0.05, 0) is 6.92 Å². The van der Waals surface area contributed by atoms with Crippen LogP contribution in [0.3, 0.4) is 0 Å². The van der Waals surface area contributed by atoms with E-state index in [1.54, 1.807) is 6.92 Å². The molecule has 5 nitrogen and oxygen atoms in total. The van der Waals surface area contributed by atoms with Crippen LogP contribution in [0.25, 0.3) is 0 Å². The van der Waals surface area contributed by atoms with Crippen LogP contribution < -0.4 is 11.1 Å². The third-order valence-corrected chi connectivity index (χ3v) is 1.11. The van der Waals surface area contributed by atoms with E-state index in [-0.39, 0.29) is 25.4 Å². The molecule has 0 saturated carbocycles. The Hall–Kier alpha value is -1.10. The molecule has 0 unspecified atom stereocenters. The molecule has 0 saturated heterocycles. The minimum Gasteiger partial charge on any atom is -0.465 e. The van der Waals surface area contributed by atoms with E-state index in [0.29, 0.717) is 6.61 Å². The van der Waals surface area contributed by atoms with E-state index in [4.69, 9.17) is 5.73 Å². The lowest BCUT2D eigenvalue weighted by atomic mass is 10.4. The molecular weight excluding hydrogens is 160 g/mol. The van der Waals surface area contributed by atoms with Gasteiger partial charge in [0.15, 0.2) is 0 Å². The molecule has 0 aromatic rings. The number of esters is 1. The standard InChI is InChI=1S/C7H14N2O3/c1-2-12-7(11)5-9-6(10)3-4-8/h2-5,8H2,1H3,(H,9,10). The second-order valence-corrected chi connectivity index (χ2v) is 2.12. The van der Waals surface area contributed by atoms with E-state index in [2.05, 4.69) is 10.1 Å². The molecule has 0 aliphatic heterocycles. The number of amides is 1. The zero-order valence-corrected chi connectivity index (χ0v) is 7.13. The highest BCUT2D eigenvalue weighted by atomic mass is 16.5. The fraction of sp³-hybridized carbons (Fsp3) is 0.714. The second-order valence-electron chi connectivity index (χ2n) is 2.12. The summed E-state index contributed by atoms with van der Waals surface area (Å²) < 4.78 is 4.59. The van der Waals surface area contributed by atoms with Gasteiger partial charge in [-0.3, -0.25) is 9.59 Å². The topological polar surface area (TPSA) is 81.4 Å². The fourth-order valence-electron chi connectivity index (χ4n) is 0.602. The number of hydrogen-bond donors (Lipinski definition) is 2. The van der Waals surface area contributed by atoms with Crippen LogP contribution in [-0.4, -0.2) is 31.6 Å². The molecule has 0 fully saturated rings. The first-order chi connectivity index (χ1) is 5.70. The molecule has 12 heavy (non-hydrogen) atoms. The minimum absolute atomic E-state index is 0.0767. The van der Waals surface area contributed by atoms with Crippen molar-refractivity contribution in [3.8, 4) is 0 Å². The molecule has 0 aromatic heterocycles. The van der Waals surface area contributed by atoms with Crippen molar-refractivity contribution >= 4 is 11.9 Å². The lowest BCUT2D eigenvalue weighted by molar-refractivity contribution is -0.143. The number of carbonyl (C=O) groups excluding carboxylic acids is 2. The second kappa shape index (κ2) is 6.60. The lowest BCUT2D eigenvalue weighted by Crippen LogP contribution is -2.31. The predicted molar refractivity (Wildman–Crippen MR) is 43.3 cm³/mol. The van der Waals surface area contributed by atoms with E-state index >= 15 is 0 Å². The Bertz CT molecular complexity index is 141. The van der Waals surface area contributed by atoms with Gasteiger partial charge < -0.3 is 15.8 Å². The Balaban J connectivity index is 3.40. The molecule has 0 rings (SSSR count). The quantitative estimate of drug-likeness (QED) is 0.524. The third-order valence-electron chi connectivity index (χ3n) is 1.11. The normalized spacial score (nSPS) is 9.17.